The molecule has 0 aliphatic carbocycles. The van der Waals surface area contributed by atoms with E-state index in [1.807, 2.05) is 43.3 Å². The quantitative estimate of drug-likeness (QED) is 0.373. The highest BCUT2D eigenvalue weighted by molar-refractivity contribution is 7.21. The van der Waals surface area contributed by atoms with E-state index in [4.69, 9.17) is 14.5 Å². The number of carbonyl (C=O) groups excluding carboxylic acids is 1. The van der Waals surface area contributed by atoms with Crippen LogP contribution in [0.1, 0.15) is 39.2 Å². The Morgan fingerprint density at radius 2 is 2.00 bits per heavy atom. The number of carbonyl (C=O) groups is 1. The third-order valence-corrected chi connectivity index (χ3v) is 7.45. The van der Waals surface area contributed by atoms with E-state index in [-0.39, 0.29) is 30.1 Å². The van der Waals surface area contributed by atoms with Gasteiger partial charge in [0.1, 0.15) is 5.01 Å². The van der Waals surface area contributed by atoms with Gasteiger partial charge in [-0.15, -0.1) is 11.3 Å². The van der Waals surface area contributed by atoms with E-state index in [0.717, 1.165) is 22.5 Å². The van der Waals surface area contributed by atoms with Gasteiger partial charge in [0, 0.05) is 30.4 Å². The molecule has 2 N–H and O–H groups in total. The highest BCUT2D eigenvalue weighted by atomic mass is 32.1. The lowest BCUT2D eigenvalue weighted by atomic mass is 9.78. The highest BCUT2D eigenvalue weighted by Gasteiger charge is 2.38. The number of amides is 1. The van der Waals surface area contributed by atoms with E-state index in [1.54, 1.807) is 11.3 Å². The van der Waals surface area contributed by atoms with Crippen LogP contribution in [0.25, 0.3) is 20.8 Å². The first-order valence-electron chi connectivity index (χ1n) is 12.3. The fourth-order valence-corrected chi connectivity index (χ4v) is 5.64. The number of nitrogens with one attached hydrogen (secondary N) is 1. The SMILES string of the molecule is CCO[C@H]1OC(C(=O)Nc2ccc(-c3nc4ccc(C)cc4s3)cc2)=C[C@@H](C(C)C)[C@@H]1CCCO. The van der Waals surface area contributed by atoms with Crippen molar-refractivity contribution in [2.45, 2.75) is 46.8 Å². The number of benzene rings is 2. The molecule has 0 saturated carbocycles. The molecule has 0 unspecified atom stereocenters. The van der Waals surface area contributed by atoms with Crippen LogP contribution in [0.4, 0.5) is 5.69 Å². The van der Waals surface area contributed by atoms with Gasteiger partial charge in [0.25, 0.3) is 5.91 Å². The molecule has 4 rings (SSSR count). The molecule has 0 fully saturated rings. The summed E-state index contributed by atoms with van der Waals surface area (Å²) in [4.78, 5) is 17.8. The van der Waals surface area contributed by atoms with Gasteiger partial charge in [-0.25, -0.2) is 4.98 Å². The number of rotatable bonds is 9. The molecular weight excluding hydrogens is 460 g/mol. The monoisotopic (exact) mass is 494 g/mol. The molecule has 0 bridgehead atoms. The van der Waals surface area contributed by atoms with E-state index >= 15 is 0 Å². The fraction of sp³-hybridized carbons (Fsp3) is 0.429. The topological polar surface area (TPSA) is 80.7 Å². The van der Waals surface area contributed by atoms with Gasteiger partial charge in [0.2, 0.25) is 6.29 Å². The van der Waals surface area contributed by atoms with Crippen LogP contribution in [0.2, 0.25) is 0 Å². The Bertz CT molecular complexity index is 1190. The summed E-state index contributed by atoms with van der Waals surface area (Å²) in [6.07, 6.45) is 2.88. The standard InChI is InChI=1S/C28H34N2O4S/c1-5-33-28-21(7-6-14-31)22(17(2)3)16-24(34-28)26(32)29-20-11-9-19(10-12-20)27-30-23-13-8-18(4)15-25(23)35-27/h8-13,15-17,21-22,28,31H,5-7,14H2,1-4H3,(H,29,32)/t21-,22-,28-/m0/s1. The first-order valence-corrected chi connectivity index (χ1v) is 13.1. The predicted molar refractivity (Wildman–Crippen MR) is 141 cm³/mol. The molecule has 0 spiro atoms. The number of thiazole rings is 1. The molecule has 1 aliphatic rings. The number of anilines is 1. The van der Waals surface area contributed by atoms with Crippen molar-refractivity contribution in [3.63, 3.8) is 0 Å². The van der Waals surface area contributed by atoms with Crippen LogP contribution in [0.3, 0.4) is 0 Å². The number of ether oxygens (including phenoxy) is 2. The lowest BCUT2D eigenvalue weighted by Crippen LogP contribution is -2.40. The summed E-state index contributed by atoms with van der Waals surface area (Å²) in [5.41, 5.74) is 3.92. The second-order valence-electron chi connectivity index (χ2n) is 9.35. The summed E-state index contributed by atoms with van der Waals surface area (Å²) in [5.74, 6) is 0.524. The Labute approximate surface area is 211 Å². The summed E-state index contributed by atoms with van der Waals surface area (Å²) < 4.78 is 13.1. The van der Waals surface area contributed by atoms with Gasteiger partial charge < -0.3 is 19.9 Å². The van der Waals surface area contributed by atoms with Crippen molar-refractivity contribution >= 4 is 33.1 Å². The molecule has 1 amide bonds. The Hall–Kier alpha value is -2.74. The second kappa shape index (κ2) is 11.3. The van der Waals surface area contributed by atoms with Crippen molar-refractivity contribution in [1.29, 1.82) is 0 Å². The predicted octanol–water partition coefficient (Wildman–Crippen LogP) is 6.15. The van der Waals surface area contributed by atoms with Crippen LogP contribution in [0.15, 0.2) is 54.3 Å². The number of aliphatic hydroxyl groups is 1. The van der Waals surface area contributed by atoms with Crippen molar-refractivity contribution in [2.24, 2.45) is 17.8 Å². The Balaban J connectivity index is 1.49. The lowest BCUT2D eigenvalue weighted by molar-refractivity contribution is -0.173. The molecule has 0 radical (unpaired) electrons. The largest absolute Gasteiger partial charge is 0.459 e. The summed E-state index contributed by atoms with van der Waals surface area (Å²) in [7, 11) is 0. The Morgan fingerprint density at radius 1 is 1.23 bits per heavy atom. The summed E-state index contributed by atoms with van der Waals surface area (Å²) >= 11 is 1.66. The van der Waals surface area contributed by atoms with Crippen LogP contribution >= 0.6 is 11.3 Å². The molecule has 0 saturated heterocycles. The average molecular weight is 495 g/mol. The van der Waals surface area contributed by atoms with E-state index < -0.39 is 6.29 Å². The van der Waals surface area contributed by atoms with Crippen LogP contribution in [0, 0.1) is 24.7 Å². The van der Waals surface area contributed by atoms with Crippen molar-refractivity contribution in [3.05, 3.63) is 59.9 Å². The van der Waals surface area contributed by atoms with E-state index in [9.17, 15) is 9.90 Å². The van der Waals surface area contributed by atoms with E-state index in [2.05, 4.69) is 38.2 Å². The first-order chi connectivity index (χ1) is 16.9. The zero-order valence-corrected chi connectivity index (χ0v) is 21.6. The van der Waals surface area contributed by atoms with Gasteiger partial charge in [-0.05, 0) is 86.6 Å². The van der Waals surface area contributed by atoms with Crippen LogP contribution < -0.4 is 5.32 Å². The Morgan fingerprint density at radius 3 is 2.69 bits per heavy atom. The number of hydrogen-bond acceptors (Lipinski definition) is 6. The summed E-state index contributed by atoms with van der Waals surface area (Å²) in [6, 6.07) is 14.0. The summed E-state index contributed by atoms with van der Waals surface area (Å²) in [5, 5.41) is 13.2. The van der Waals surface area contributed by atoms with E-state index in [1.165, 1.54) is 10.3 Å². The molecule has 7 heteroatoms. The molecule has 1 aromatic heterocycles. The van der Waals surface area contributed by atoms with Gasteiger partial charge in [-0.1, -0.05) is 19.9 Å². The smallest absolute Gasteiger partial charge is 0.290 e. The number of fused-ring (bicyclic) bond motifs is 1. The normalized spacial score (nSPS) is 20.1. The van der Waals surface area contributed by atoms with Crippen molar-refractivity contribution in [2.75, 3.05) is 18.5 Å². The molecule has 3 atom stereocenters. The molecule has 2 heterocycles. The third kappa shape index (κ3) is 5.92. The van der Waals surface area contributed by atoms with Gasteiger partial charge in [-0.3, -0.25) is 4.79 Å². The zero-order chi connectivity index (χ0) is 24.9. The summed E-state index contributed by atoms with van der Waals surface area (Å²) in [6.45, 7) is 8.90. The van der Waals surface area contributed by atoms with Crippen molar-refractivity contribution in [3.8, 4) is 10.6 Å². The van der Waals surface area contributed by atoms with Gasteiger partial charge >= 0.3 is 0 Å². The minimum atomic E-state index is -0.505. The number of aryl methyl sites for hydroxylation is 1. The third-order valence-electron chi connectivity index (χ3n) is 6.38. The molecule has 6 nitrogen and oxygen atoms in total. The first kappa shape index (κ1) is 25.4. The van der Waals surface area contributed by atoms with Crippen LogP contribution in [-0.4, -0.2) is 35.5 Å². The maximum atomic E-state index is 13.1. The number of aromatic nitrogens is 1. The van der Waals surface area contributed by atoms with Crippen molar-refractivity contribution < 1.29 is 19.4 Å². The van der Waals surface area contributed by atoms with E-state index in [0.29, 0.717) is 24.6 Å². The number of allylic oxidation sites excluding steroid dienone is 1. The average Bonchev–Trinajstić information content (AvgIpc) is 3.26. The van der Waals surface area contributed by atoms with Crippen LogP contribution in [-0.2, 0) is 14.3 Å². The number of hydrogen-bond donors (Lipinski definition) is 2. The van der Waals surface area contributed by atoms with Gasteiger partial charge in [0.15, 0.2) is 5.76 Å². The number of aliphatic hydroxyl groups excluding tert-OH is 1. The Kier molecular flexibility index (Phi) is 8.21. The highest BCUT2D eigenvalue weighted by Crippen LogP contribution is 2.37. The minimum absolute atomic E-state index is 0.0931. The second-order valence-corrected chi connectivity index (χ2v) is 10.4. The number of nitrogens with zero attached hydrogens (tertiary/aromatic N) is 1. The fourth-order valence-electron chi connectivity index (χ4n) is 4.57. The lowest BCUT2D eigenvalue weighted by Gasteiger charge is -2.38. The molecular formula is C28H34N2O4S. The molecule has 2 aromatic carbocycles. The molecule has 186 valence electrons. The van der Waals surface area contributed by atoms with Gasteiger partial charge in [-0.2, -0.15) is 0 Å². The minimum Gasteiger partial charge on any atom is -0.459 e. The molecule has 35 heavy (non-hydrogen) atoms. The molecule has 1 aliphatic heterocycles. The molecule has 3 aromatic rings. The maximum Gasteiger partial charge on any atom is 0.290 e. The maximum absolute atomic E-state index is 13.1. The van der Waals surface area contributed by atoms with Crippen LogP contribution in [0.5, 0.6) is 0 Å². The zero-order valence-electron chi connectivity index (χ0n) is 20.8. The van der Waals surface area contributed by atoms with Crippen molar-refractivity contribution in [1.82, 2.24) is 4.98 Å². The van der Waals surface area contributed by atoms with Gasteiger partial charge in [0.05, 0.1) is 10.2 Å².